The number of anilines is 1. The Kier molecular flexibility index (Phi) is 6.75. The maximum absolute atomic E-state index is 13.4. The van der Waals surface area contributed by atoms with Crippen molar-refractivity contribution in [1.82, 2.24) is 19.5 Å². The van der Waals surface area contributed by atoms with Gasteiger partial charge in [-0.15, -0.1) is 0 Å². The summed E-state index contributed by atoms with van der Waals surface area (Å²) in [5.74, 6) is -0.0351. The van der Waals surface area contributed by atoms with Crippen LogP contribution in [0.2, 0.25) is 0 Å². The zero-order valence-electron chi connectivity index (χ0n) is 19.2. The highest BCUT2D eigenvalue weighted by Crippen LogP contribution is 2.31. The summed E-state index contributed by atoms with van der Waals surface area (Å²) in [6.07, 6.45) is 0.346. The number of aromatic nitrogens is 4. The molecule has 0 amide bonds. The minimum atomic E-state index is -2.57. The Balaban J connectivity index is 1.39. The molecule has 5 nitrogen and oxygen atoms in total. The lowest BCUT2D eigenvalue weighted by molar-refractivity contribution is 0.127. The van der Waals surface area contributed by atoms with Gasteiger partial charge in [0.05, 0.1) is 30.0 Å². The third-order valence-electron chi connectivity index (χ3n) is 5.70. The second-order valence-electron chi connectivity index (χ2n) is 8.17. The van der Waals surface area contributed by atoms with E-state index in [1.807, 2.05) is 30.3 Å². The first-order valence-electron chi connectivity index (χ1n) is 11.4. The van der Waals surface area contributed by atoms with Crippen molar-refractivity contribution in [2.45, 2.75) is 19.5 Å². The molecule has 0 fully saturated rings. The van der Waals surface area contributed by atoms with Gasteiger partial charge in [-0.25, -0.2) is 28.1 Å². The molecule has 8 heteroatoms. The smallest absolute Gasteiger partial charge is 0.256 e. The fourth-order valence-corrected chi connectivity index (χ4v) is 3.96. The first-order valence-corrected chi connectivity index (χ1v) is 11.4. The number of hydrogen-bond acceptors (Lipinski definition) is 4. The second-order valence-corrected chi connectivity index (χ2v) is 8.17. The highest BCUT2D eigenvalue weighted by molar-refractivity contribution is 5.77. The van der Waals surface area contributed by atoms with Crippen LogP contribution in [0.3, 0.4) is 0 Å². The summed E-state index contributed by atoms with van der Waals surface area (Å²) in [4.78, 5) is 13.2. The van der Waals surface area contributed by atoms with E-state index in [2.05, 4.69) is 44.5 Å². The van der Waals surface area contributed by atoms with Crippen LogP contribution in [0, 0.1) is 5.82 Å². The Morgan fingerprint density at radius 1 is 0.778 bits per heavy atom. The number of rotatable bonds is 8. The van der Waals surface area contributed by atoms with Crippen LogP contribution in [-0.4, -0.2) is 25.9 Å². The lowest BCUT2D eigenvalue weighted by Gasteiger charge is -2.11. The van der Waals surface area contributed by atoms with Gasteiger partial charge in [-0.2, -0.15) is 0 Å². The molecule has 3 aromatic carbocycles. The van der Waals surface area contributed by atoms with Gasteiger partial charge in [0.15, 0.2) is 0 Å². The molecule has 0 aliphatic heterocycles. The maximum Gasteiger partial charge on any atom is 0.256 e. The summed E-state index contributed by atoms with van der Waals surface area (Å²) < 4.78 is 41.3. The van der Waals surface area contributed by atoms with Crippen LogP contribution < -0.4 is 5.32 Å². The van der Waals surface area contributed by atoms with Crippen molar-refractivity contribution in [2.24, 2.45) is 0 Å². The fourth-order valence-electron chi connectivity index (χ4n) is 3.96. The standard InChI is InChI=1S/C28H22F3N5/c29-23-12-10-22(11-13-23)26-27(36(18-34-26)17-25(30)31)24-14-15-32-28(35-24)33-16-19-6-8-21(9-7-19)20-4-2-1-3-5-20/h1-15,18,25H,16-17H2,(H,32,33,35). The van der Waals surface area contributed by atoms with E-state index in [4.69, 9.17) is 0 Å². The Bertz CT molecular complexity index is 1430. The molecule has 0 saturated heterocycles. The first kappa shape index (κ1) is 23.3. The normalized spacial score (nSPS) is 11.1. The predicted molar refractivity (Wildman–Crippen MR) is 134 cm³/mol. The van der Waals surface area contributed by atoms with Crippen molar-refractivity contribution in [1.29, 1.82) is 0 Å². The highest BCUT2D eigenvalue weighted by Gasteiger charge is 2.19. The van der Waals surface area contributed by atoms with Crippen LogP contribution in [0.5, 0.6) is 0 Å². The molecule has 2 heterocycles. The summed E-state index contributed by atoms with van der Waals surface area (Å²) in [6, 6.07) is 25.7. The van der Waals surface area contributed by atoms with Gasteiger partial charge in [-0.05, 0) is 47.0 Å². The third kappa shape index (κ3) is 5.27. The molecule has 0 unspecified atom stereocenters. The van der Waals surface area contributed by atoms with E-state index in [9.17, 15) is 13.2 Å². The predicted octanol–water partition coefficient (Wildman–Crippen LogP) is 6.69. The summed E-state index contributed by atoms with van der Waals surface area (Å²) in [6.45, 7) is -0.0519. The largest absolute Gasteiger partial charge is 0.350 e. The molecular weight excluding hydrogens is 463 g/mol. The number of halogens is 3. The average Bonchev–Trinajstić information content (AvgIpc) is 3.31. The van der Waals surface area contributed by atoms with E-state index in [-0.39, 0.29) is 0 Å². The SMILES string of the molecule is Fc1ccc(-c2ncn(CC(F)F)c2-c2ccnc(NCc3ccc(-c4ccccc4)cc3)n2)cc1. The van der Waals surface area contributed by atoms with Gasteiger partial charge in [0.25, 0.3) is 6.43 Å². The molecule has 1 N–H and O–H groups in total. The Morgan fingerprint density at radius 2 is 1.47 bits per heavy atom. The van der Waals surface area contributed by atoms with Crippen molar-refractivity contribution in [3.63, 3.8) is 0 Å². The van der Waals surface area contributed by atoms with Crippen molar-refractivity contribution in [3.05, 3.63) is 109 Å². The van der Waals surface area contributed by atoms with E-state index >= 15 is 0 Å². The third-order valence-corrected chi connectivity index (χ3v) is 5.70. The number of nitrogens with one attached hydrogen (secondary N) is 1. The Morgan fingerprint density at radius 3 is 2.19 bits per heavy atom. The maximum atomic E-state index is 13.4. The van der Waals surface area contributed by atoms with Crippen LogP contribution in [0.4, 0.5) is 19.1 Å². The summed E-state index contributed by atoms with van der Waals surface area (Å²) in [5.41, 5.74) is 5.20. The van der Waals surface area contributed by atoms with Crippen LogP contribution in [0.15, 0.2) is 97.5 Å². The molecule has 180 valence electrons. The van der Waals surface area contributed by atoms with Gasteiger partial charge < -0.3 is 9.88 Å². The minimum Gasteiger partial charge on any atom is -0.350 e. The monoisotopic (exact) mass is 485 g/mol. The van der Waals surface area contributed by atoms with Gasteiger partial charge in [0.2, 0.25) is 5.95 Å². The van der Waals surface area contributed by atoms with E-state index in [0.717, 1.165) is 16.7 Å². The zero-order valence-corrected chi connectivity index (χ0v) is 19.2. The topological polar surface area (TPSA) is 55.6 Å². The molecule has 5 aromatic rings. The summed E-state index contributed by atoms with van der Waals surface area (Å²) in [7, 11) is 0. The first-order chi connectivity index (χ1) is 17.6. The summed E-state index contributed by atoms with van der Waals surface area (Å²) in [5, 5.41) is 3.20. The zero-order chi connectivity index (χ0) is 24.9. The number of hydrogen-bond donors (Lipinski definition) is 1. The average molecular weight is 486 g/mol. The van der Waals surface area contributed by atoms with E-state index in [1.54, 1.807) is 24.4 Å². The Hall–Kier alpha value is -4.46. The van der Waals surface area contributed by atoms with E-state index < -0.39 is 18.8 Å². The van der Waals surface area contributed by atoms with Crippen molar-refractivity contribution in [2.75, 3.05) is 5.32 Å². The van der Waals surface area contributed by atoms with Crippen LogP contribution in [-0.2, 0) is 13.1 Å². The summed E-state index contributed by atoms with van der Waals surface area (Å²) >= 11 is 0. The molecule has 5 rings (SSSR count). The molecule has 2 aromatic heterocycles. The molecule has 0 saturated carbocycles. The van der Waals surface area contributed by atoms with Crippen molar-refractivity contribution < 1.29 is 13.2 Å². The van der Waals surface area contributed by atoms with Gasteiger partial charge in [-0.3, -0.25) is 0 Å². The lowest BCUT2D eigenvalue weighted by Crippen LogP contribution is -2.09. The van der Waals surface area contributed by atoms with Gasteiger partial charge >= 0.3 is 0 Å². The second kappa shape index (κ2) is 10.4. The van der Waals surface area contributed by atoms with E-state index in [0.29, 0.717) is 35.1 Å². The van der Waals surface area contributed by atoms with Crippen molar-refractivity contribution >= 4 is 5.95 Å². The van der Waals surface area contributed by atoms with Gasteiger partial charge in [0, 0.05) is 18.3 Å². The molecule has 0 bridgehead atoms. The molecular formula is C28H22F3N5. The number of benzene rings is 3. The minimum absolute atomic E-state index is 0.356. The number of imidazole rings is 1. The number of nitrogens with zero attached hydrogens (tertiary/aromatic N) is 4. The highest BCUT2D eigenvalue weighted by atomic mass is 19.3. The fraction of sp³-hybridized carbons (Fsp3) is 0.107. The molecule has 0 atom stereocenters. The molecule has 0 radical (unpaired) electrons. The number of alkyl halides is 2. The molecule has 0 spiro atoms. The van der Waals surface area contributed by atoms with E-state index in [1.165, 1.54) is 23.0 Å². The van der Waals surface area contributed by atoms with Gasteiger partial charge in [0.1, 0.15) is 5.82 Å². The molecule has 0 aliphatic rings. The van der Waals surface area contributed by atoms with Crippen LogP contribution in [0.1, 0.15) is 5.56 Å². The Labute approximate surface area is 206 Å². The lowest BCUT2D eigenvalue weighted by atomic mass is 10.0. The molecule has 0 aliphatic carbocycles. The van der Waals surface area contributed by atoms with Crippen LogP contribution in [0.25, 0.3) is 33.8 Å². The van der Waals surface area contributed by atoms with Crippen molar-refractivity contribution in [3.8, 4) is 33.8 Å². The van der Waals surface area contributed by atoms with Gasteiger partial charge in [-0.1, -0.05) is 54.6 Å². The quantitative estimate of drug-likeness (QED) is 0.266. The van der Waals surface area contributed by atoms with Crippen LogP contribution >= 0.6 is 0 Å². The molecule has 36 heavy (non-hydrogen) atoms.